The molecule has 0 amide bonds. The highest BCUT2D eigenvalue weighted by molar-refractivity contribution is 7.78. The van der Waals surface area contributed by atoms with E-state index < -0.39 is 0 Å². The number of isothiocyanates is 1. The summed E-state index contributed by atoms with van der Waals surface area (Å²) < 4.78 is 0. The molecule has 1 nitrogen and oxygen atoms in total. The van der Waals surface area contributed by atoms with Crippen molar-refractivity contribution in [3.63, 3.8) is 0 Å². The Morgan fingerprint density at radius 2 is 1.06 bits per heavy atom. The van der Waals surface area contributed by atoms with E-state index in [2.05, 4.69) is 98.2 Å². The standard InChI is InChI=1S/C32H37NS/c1-12-13-14-27-17(2)21(6)31-26(11)29(18(3)22(7)30(31)25(27)10)15-28-19(4)23(8)32(33-16-34)24(9)20(28)5/h12,15H2,1-11H3. The van der Waals surface area contributed by atoms with E-state index in [1.807, 2.05) is 0 Å². The van der Waals surface area contributed by atoms with Crippen molar-refractivity contribution in [2.45, 2.75) is 89.0 Å². The molecule has 3 aromatic rings. The molecular formula is C32H37NS. The van der Waals surface area contributed by atoms with Crippen LogP contribution in [0, 0.1) is 81.1 Å². The molecule has 0 aliphatic carbocycles. The minimum atomic E-state index is 0.873. The van der Waals surface area contributed by atoms with Crippen LogP contribution in [0.5, 0.6) is 0 Å². The third-order valence-corrected chi connectivity index (χ3v) is 8.26. The number of aryl methyl sites for hydroxylation is 4. The molecule has 2 heteroatoms. The van der Waals surface area contributed by atoms with E-state index in [1.165, 1.54) is 83.1 Å². The predicted octanol–water partition coefficient (Wildman–Crippen LogP) is 9.01. The zero-order valence-corrected chi connectivity index (χ0v) is 23.6. The first kappa shape index (κ1) is 25.9. The summed E-state index contributed by atoms with van der Waals surface area (Å²) in [7, 11) is 0. The van der Waals surface area contributed by atoms with Gasteiger partial charge in [0.15, 0.2) is 0 Å². The number of rotatable bonds is 3. The van der Waals surface area contributed by atoms with Crippen molar-refractivity contribution in [2.75, 3.05) is 0 Å². The van der Waals surface area contributed by atoms with Crippen LogP contribution < -0.4 is 0 Å². The van der Waals surface area contributed by atoms with Crippen molar-refractivity contribution in [3.05, 3.63) is 72.3 Å². The Labute approximate surface area is 211 Å². The van der Waals surface area contributed by atoms with Gasteiger partial charge in [-0.2, -0.15) is 4.99 Å². The molecule has 0 fully saturated rings. The maximum absolute atomic E-state index is 4.91. The van der Waals surface area contributed by atoms with Gasteiger partial charge in [-0.1, -0.05) is 18.8 Å². The average molecular weight is 468 g/mol. The number of aliphatic imine (C=N–C) groups is 1. The van der Waals surface area contributed by atoms with E-state index in [1.54, 1.807) is 0 Å². The largest absolute Gasteiger partial charge is 0.194 e. The lowest BCUT2D eigenvalue weighted by molar-refractivity contribution is 1.05. The molecule has 0 saturated carbocycles. The second kappa shape index (κ2) is 9.87. The molecule has 0 aromatic heterocycles. The fourth-order valence-corrected chi connectivity index (χ4v) is 5.69. The van der Waals surface area contributed by atoms with Crippen LogP contribution in [0.25, 0.3) is 10.8 Å². The minimum absolute atomic E-state index is 0.873. The SMILES string of the molecule is CCC#Cc1c(C)c(C)c2c(C)c(Cc3c(C)c(C)c(N=C=S)c(C)c3C)c(C)c(C)c2c1C. The minimum Gasteiger partial charge on any atom is -0.194 e. The van der Waals surface area contributed by atoms with Crippen molar-refractivity contribution >= 4 is 33.8 Å². The topological polar surface area (TPSA) is 12.4 Å². The van der Waals surface area contributed by atoms with Crippen LogP contribution in [-0.4, -0.2) is 5.16 Å². The number of fused-ring (bicyclic) bond motifs is 1. The molecule has 0 spiro atoms. The molecule has 0 aliphatic heterocycles. The Bertz CT molecular complexity index is 1420. The third-order valence-electron chi connectivity index (χ3n) is 8.17. The highest BCUT2D eigenvalue weighted by Crippen LogP contribution is 2.40. The third kappa shape index (κ3) is 4.02. The first-order valence-electron chi connectivity index (χ1n) is 12.2. The smallest absolute Gasteiger partial charge is 0.0803 e. The number of nitrogens with zero attached hydrogens (tertiary/aromatic N) is 1. The Morgan fingerprint density at radius 1 is 0.588 bits per heavy atom. The summed E-state index contributed by atoms with van der Waals surface area (Å²) in [6, 6.07) is 0. The summed E-state index contributed by atoms with van der Waals surface area (Å²) in [6.45, 7) is 24.5. The first-order valence-corrected chi connectivity index (χ1v) is 12.6. The van der Waals surface area contributed by atoms with Gasteiger partial charge in [-0.15, -0.1) is 0 Å². The van der Waals surface area contributed by atoms with Crippen molar-refractivity contribution in [1.82, 2.24) is 0 Å². The van der Waals surface area contributed by atoms with Gasteiger partial charge >= 0.3 is 0 Å². The van der Waals surface area contributed by atoms with Gasteiger partial charge in [0.25, 0.3) is 0 Å². The van der Waals surface area contributed by atoms with Gasteiger partial charge in [-0.3, -0.25) is 0 Å². The average Bonchev–Trinajstić information content (AvgIpc) is 2.81. The van der Waals surface area contributed by atoms with Crippen LogP contribution in [0.3, 0.4) is 0 Å². The van der Waals surface area contributed by atoms with E-state index in [4.69, 9.17) is 12.2 Å². The van der Waals surface area contributed by atoms with E-state index >= 15 is 0 Å². The van der Waals surface area contributed by atoms with Crippen LogP contribution in [0.15, 0.2) is 4.99 Å². The molecule has 0 atom stereocenters. The number of hydrogen-bond donors (Lipinski definition) is 0. The van der Waals surface area contributed by atoms with E-state index in [0.717, 1.165) is 18.5 Å². The molecule has 176 valence electrons. The van der Waals surface area contributed by atoms with E-state index in [-0.39, 0.29) is 0 Å². The Kier molecular flexibility index (Phi) is 7.52. The fourth-order valence-electron chi connectivity index (χ4n) is 5.59. The molecule has 0 radical (unpaired) electrons. The summed E-state index contributed by atoms with van der Waals surface area (Å²) in [5.74, 6) is 6.75. The zero-order chi connectivity index (χ0) is 25.5. The summed E-state index contributed by atoms with van der Waals surface area (Å²) in [4.78, 5) is 4.38. The molecule has 0 bridgehead atoms. The lowest BCUT2D eigenvalue weighted by Gasteiger charge is -2.24. The number of thiocarbonyl (C=S) groups is 1. The van der Waals surface area contributed by atoms with Gasteiger partial charge in [0.05, 0.1) is 10.8 Å². The van der Waals surface area contributed by atoms with Crippen molar-refractivity contribution in [3.8, 4) is 11.8 Å². The lowest BCUT2D eigenvalue weighted by atomic mass is 9.80. The molecule has 3 aromatic carbocycles. The van der Waals surface area contributed by atoms with Crippen LogP contribution in [0.2, 0.25) is 0 Å². The maximum atomic E-state index is 4.91. The molecule has 0 heterocycles. The molecule has 34 heavy (non-hydrogen) atoms. The number of hydrogen-bond acceptors (Lipinski definition) is 2. The van der Waals surface area contributed by atoms with Crippen LogP contribution >= 0.6 is 12.2 Å². The quantitative estimate of drug-likeness (QED) is 0.213. The molecule has 0 saturated heterocycles. The molecule has 0 N–H and O–H groups in total. The van der Waals surface area contributed by atoms with E-state index in [0.29, 0.717) is 0 Å². The summed E-state index contributed by atoms with van der Waals surface area (Å²) in [5.41, 5.74) is 18.2. The van der Waals surface area contributed by atoms with Gasteiger partial charge < -0.3 is 0 Å². The van der Waals surface area contributed by atoms with E-state index in [9.17, 15) is 0 Å². The molecule has 0 unspecified atom stereocenters. The Hall–Kier alpha value is -2.72. The van der Waals surface area contributed by atoms with Gasteiger partial charge in [0.2, 0.25) is 0 Å². The maximum Gasteiger partial charge on any atom is 0.0803 e. The highest BCUT2D eigenvalue weighted by atomic mass is 32.1. The fraction of sp³-hybridized carbons (Fsp3) is 0.406. The van der Waals surface area contributed by atoms with Crippen LogP contribution in [-0.2, 0) is 6.42 Å². The predicted molar refractivity (Wildman–Crippen MR) is 152 cm³/mol. The molecule has 0 aliphatic rings. The van der Waals surface area contributed by atoms with Gasteiger partial charge in [0.1, 0.15) is 0 Å². The lowest BCUT2D eigenvalue weighted by Crippen LogP contribution is -2.07. The van der Waals surface area contributed by atoms with Gasteiger partial charge in [-0.25, -0.2) is 0 Å². The second-order valence-corrected chi connectivity index (χ2v) is 9.90. The van der Waals surface area contributed by atoms with Crippen LogP contribution in [0.1, 0.15) is 85.7 Å². The van der Waals surface area contributed by atoms with Crippen molar-refractivity contribution in [2.24, 2.45) is 4.99 Å². The Morgan fingerprint density at radius 3 is 1.59 bits per heavy atom. The summed E-state index contributed by atoms with van der Waals surface area (Å²) >= 11 is 4.91. The zero-order valence-electron chi connectivity index (χ0n) is 22.8. The molecular weight excluding hydrogens is 430 g/mol. The van der Waals surface area contributed by atoms with Gasteiger partial charge in [-0.05, 0) is 165 Å². The van der Waals surface area contributed by atoms with Crippen LogP contribution in [0.4, 0.5) is 5.69 Å². The first-order chi connectivity index (χ1) is 16.0. The summed E-state index contributed by atoms with van der Waals surface area (Å²) in [5, 5.41) is 5.35. The second-order valence-electron chi connectivity index (χ2n) is 9.72. The van der Waals surface area contributed by atoms with Crippen molar-refractivity contribution < 1.29 is 0 Å². The monoisotopic (exact) mass is 467 g/mol. The van der Waals surface area contributed by atoms with Gasteiger partial charge in [0, 0.05) is 12.0 Å². The normalized spacial score (nSPS) is 10.8. The summed E-state index contributed by atoms with van der Waals surface area (Å²) in [6.07, 6.45) is 1.79. The van der Waals surface area contributed by atoms with Crippen molar-refractivity contribution in [1.29, 1.82) is 0 Å². The molecule has 3 rings (SSSR count). The Balaban J connectivity index is 2.38. The highest BCUT2D eigenvalue weighted by Gasteiger charge is 2.21. The number of benzene rings is 3.